The smallest absolute Gasteiger partial charge is 0.258 e. The molecule has 0 saturated heterocycles. The second-order valence-corrected chi connectivity index (χ2v) is 9.26. The summed E-state index contributed by atoms with van der Waals surface area (Å²) in [7, 11) is 0. The topological polar surface area (TPSA) is 88.1 Å². The third-order valence-corrected chi connectivity index (χ3v) is 7.06. The Balaban J connectivity index is 1.27. The van der Waals surface area contributed by atoms with Gasteiger partial charge in [-0.1, -0.05) is 43.9 Å². The van der Waals surface area contributed by atoms with Gasteiger partial charge in [0.1, 0.15) is 17.5 Å². The predicted octanol–water partition coefficient (Wildman–Crippen LogP) is 3.86. The Hall–Kier alpha value is -2.83. The van der Waals surface area contributed by atoms with E-state index in [4.69, 9.17) is 0 Å². The fourth-order valence-corrected chi connectivity index (χ4v) is 5.46. The average Bonchev–Trinajstić information content (AvgIpc) is 3.45. The number of amides is 2. The zero-order chi connectivity index (χ0) is 21.2. The Morgan fingerprint density at radius 1 is 1.06 bits per heavy atom. The number of benzene rings is 1. The summed E-state index contributed by atoms with van der Waals surface area (Å²) >= 11 is 0. The van der Waals surface area contributed by atoms with Crippen molar-refractivity contribution in [2.45, 2.75) is 76.0 Å². The first-order chi connectivity index (χ1) is 15.2. The molecule has 1 aromatic carbocycles. The molecule has 5 rings (SSSR count). The molecule has 7 heteroatoms. The number of nitrogens with one attached hydrogen (secondary N) is 3. The number of anilines is 1. The van der Waals surface area contributed by atoms with Crippen LogP contribution in [0.1, 0.15) is 84.5 Å². The molecule has 3 aliphatic rings. The van der Waals surface area contributed by atoms with Crippen LogP contribution < -0.4 is 16.0 Å². The molecular weight excluding hydrogens is 390 g/mol. The SMILES string of the molecule is O=C(NC1CCCC(n2ncc3c2NC(CC2CCCC2)NC3=O)C1)c1ccccc1. The molecule has 164 valence electrons. The van der Waals surface area contributed by atoms with Crippen molar-refractivity contribution in [2.75, 3.05) is 5.32 Å². The summed E-state index contributed by atoms with van der Waals surface area (Å²) in [6.45, 7) is 0. The Labute approximate surface area is 183 Å². The summed E-state index contributed by atoms with van der Waals surface area (Å²) in [6.07, 6.45) is 11.5. The van der Waals surface area contributed by atoms with Gasteiger partial charge in [0.2, 0.25) is 0 Å². The molecule has 3 unspecified atom stereocenters. The van der Waals surface area contributed by atoms with E-state index in [9.17, 15) is 9.59 Å². The van der Waals surface area contributed by atoms with E-state index in [2.05, 4.69) is 21.0 Å². The monoisotopic (exact) mass is 421 g/mol. The maximum absolute atomic E-state index is 12.7. The molecule has 31 heavy (non-hydrogen) atoms. The van der Waals surface area contributed by atoms with E-state index in [0.29, 0.717) is 17.0 Å². The lowest BCUT2D eigenvalue weighted by atomic mass is 9.90. The van der Waals surface area contributed by atoms with Gasteiger partial charge in [-0.15, -0.1) is 0 Å². The van der Waals surface area contributed by atoms with Crippen molar-refractivity contribution < 1.29 is 9.59 Å². The molecule has 3 atom stereocenters. The fraction of sp³-hybridized carbons (Fsp3) is 0.542. The lowest BCUT2D eigenvalue weighted by Gasteiger charge is -2.33. The van der Waals surface area contributed by atoms with Crippen LogP contribution in [0.5, 0.6) is 0 Å². The van der Waals surface area contributed by atoms with Crippen LogP contribution in [0, 0.1) is 5.92 Å². The van der Waals surface area contributed by atoms with E-state index >= 15 is 0 Å². The third kappa shape index (κ3) is 4.31. The van der Waals surface area contributed by atoms with Crippen LogP contribution >= 0.6 is 0 Å². The maximum atomic E-state index is 12.7. The van der Waals surface area contributed by atoms with Crippen molar-refractivity contribution in [1.82, 2.24) is 20.4 Å². The Bertz CT molecular complexity index is 935. The summed E-state index contributed by atoms with van der Waals surface area (Å²) in [5, 5.41) is 14.5. The van der Waals surface area contributed by atoms with Gasteiger partial charge < -0.3 is 16.0 Å². The summed E-state index contributed by atoms with van der Waals surface area (Å²) in [5.74, 6) is 1.46. The summed E-state index contributed by atoms with van der Waals surface area (Å²) in [5.41, 5.74) is 1.31. The molecule has 2 heterocycles. The predicted molar refractivity (Wildman–Crippen MR) is 119 cm³/mol. The van der Waals surface area contributed by atoms with Crippen LogP contribution in [-0.2, 0) is 0 Å². The Kier molecular flexibility index (Phi) is 5.66. The van der Waals surface area contributed by atoms with Gasteiger partial charge in [0, 0.05) is 11.6 Å². The standard InChI is InChI=1S/C24H31N5O2/c30-23(17-9-2-1-3-10-17)26-18-11-6-12-19(14-18)29-22-20(15-25-29)24(31)28-21(27-22)13-16-7-4-5-8-16/h1-3,9-10,15-16,18-19,21,27H,4-8,11-14H2,(H,26,30)(H,28,31). The van der Waals surface area contributed by atoms with E-state index in [1.807, 2.05) is 35.0 Å². The molecular formula is C24H31N5O2. The number of hydrogen-bond acceptors (Lipinski definition) is 4. The highest BCUT2D eigenvalue weighted by Gasteiger charge is 2.33. The van der Waals surface area contributed by atoms with Crippen LogP contribution in [-0.4, -0.2) is 33.8 Å². The van der Waals surface area contributed by atoms with Gasteiger partial charge in [-0.25, -0.2) is 4.68 Å². The normalized spacial score (nSPS) is 26.1. The molecule has 0 spiro atoms. The maximum Gasteiger partial charge on any atom is 0.258 e. The van der Waals surface area contributed by atoms with Crippen molar-refractivity contribution in [2.24, 2.45) is 5.92 Å². The molecule has 3 N–H and O–H groups in total. The number of fused-ring (bicyclic) bond motifs is 1. The summed E-state index contributed by atoms with van der Waals surface area (Å²) in [6, 6.07) is 9.64. The minimum Gasteiger partial charge on any atom is -0.350 e. The molecule has 7 nitrogen and oxygen atoms in total. The lowest BCUT2D eigenvalue weighted by Crippen LogP contribution is -2.46. The van der Waals surface area contributed by atoms with Crippen molar-refractivity contribution in [3.05, 3.63) is 47.7 Å². The van der Waals surface area contributed by atoms with Crippen LogP contribution in [0.4, 0.5) is 5.82 Å². The highest BCUT2D eigenvalue weighted by molar-refractivity contribution is 6.00. The molecule has 2 aliphatic carbocycles. The first-order valence-electron chi connectivity index (χ1n) is 11.7. The minimum atomic E-state index is -0.0345. The van der Waals surface area contributed by atoms with Gasteiger partial charge in [0.05, 0.1) is 12.2 Å². The molecule has 0 bridgehead atoms. The van der Waals surface area contributed by atoms with E-state index in [0.717, 1.165) is 37.9 Å². The number of hydrogen-bond donors (Lipinski definition) is 3. The first kappa shape index (κ1) is 20.1. The number of nitrogens with zero attached hydrogens (tertiary/aromatic N) is 2. The average molecular weight is 422 g/mol. The van der Waals surface area contributed by atoms with Crippen LogP contribution in [0.25, 0.3) is 0 Å². The lowest BCUT2D eigenvalue weighted by molar-refractivity contribution is 0.0917. The van der Waals surface area contributed by atoms with Gasteiger partial charge in [-0.2, -0.15) is 5.10 Å². The largest absolute Gasteiger partial charge is 0.350 e. The van der Waals surface area contributed by atoms with Crippen LogP contribution in [0.3, 0.4) is 0 Å². The second-order valence-electron chi connectivity index (χ2n) is 9.26. The molecule has 1 aromatic heterocycles. The number of carbonyl (C=O) groups is 2. The number of carbonyl (C=O) groups excluding carboxylic acids is 2. The van der Waals surface area contributed by atoms with Gasteiger partial charge in [-0.05, 0) is 50.2 Å². The van der Waals surface area contributed by atoms with Gasteiger partial charge in [0.15, 0.2) is 0 Å². The van der Waals surface area contributed by atoms with Crippen molar-refractivity contribution in [3.63, 3.8) is 0 Å². The molecule has 2 fully saturated rings. The second kappa shape index (κ2) is 8.73. The highest BCUT2D eigenvalue weighted by Crippen LogP contribution is 2.35. The zero-order valence-electron chi connectivity index (χ0n) is 17.8. The number of rotatable bonds is 5. The van der Waals surface area contributed by atoms with E-state index in [-0.39, 0.29) is 30.1 Å². The van der Waals surface area contributed by atoms with Crippen molar-refractivity contribution in [3.8, 4) is 0 Å². The Morgan fingerprint density at radius 3 is 2.68 bits per heavy atom. The van der Waals surface area contributed by atoms with Crippen molar-refractivity contribution in [1.29, 1.82) is 0 Å². The van der Waals surface area contributed by atoms with E-state index in [1.54, 1.807) is 6.20 Å². The molecule has 2 saturated carbocycles. The quantitative estimate of drug-likeness (QED) is 0.684. The molecule has 2 aromatic rings. The molecule has 1 aliphatic heterocycles. The third-order valence-electron chi connectivity index (χ3n) is 7.06. The summed E-state index contributed by atoms with van der Waals surface area (Å²) < 4.78 is 2.00. The number of aromatic nitrogens is 2. The van der Waals surface area contributed by atoms with Gasteiger partial charge in [-0.3, -0.25) is 9.59 Å². The fourth-order valence-electron chi connectivity index (χ4n) is 5.46. The van der Waals surface area contributed by atoms with Gasteiger partial charge in [0.25, 0.3) is 11.8 Å². The van der Waals surface area contributed by atoms with Gasteiger partial charge >= 0.3 is 0 Å². The van der Waals surface area contributed by atoms with Crippen LogP contribution in [0.2, 0.25) is 0 Å². The molecule has 0 radical (unpaired) electrons. The van der Waals surface area contributed by atoms with E-state index in [1.165, 1.54) is 25.7 Å². The van der Waals surface area contributed by atoms with E-state index < -0.39 is 0 Å². The highest BCUT2D eigenvalue weighted by atomic mass is 16.2. The summed E-state index contributed by atoms with van der Waals surface area (Å²) in [4.78, 5) is 25.3. The van der Waals surface area contributed by atoms with Crippen LogP contribution in [0.15, 0.2) is 36.5 Å². The van der Waals surface area contributed by atoms with Crippen molar-refractivity contribution >= 4 is 17.6 Å². The zero-order valence-corrected chi connectivity index (χ0v) is 17.8. The first-order valence-corrected chi connectivity index (χ1v) is 11.7. The minimum absolute atomic E-state index is 0.0251. The molecule has 2 amide bonds. The Morgan fingerprint density at radius 2 is 1.87 bits per heavy atom.